The molecule has 31 heavy (non-hydrogen) atoms. The topological polar surface area (TPSA) is 18.5 Å². The lowest BCUT2D eigenvalue weighted by Crippen LogP contribution is -3.00. The number of hydrogen-bond acceptors (Lipinski definition) is 2. The quantitative estimate of drug-likeness (QED) is 0.246. The van der Waals surface area contributed by atoms with E-state index in [0.29, 0.717) is 6.61 Å². The van der Waals surface area contributed by atoms with Crippen LogP contribution < -0.4 is 39.9 Å². The van der Waals surface area contributed by atoms with E-state index in [-0.39, 0.29) is 30.1 Å². The van der Waals surface area contributed by atoms with Gasteiger partial charge in [-0.2, -0.15) is 0 Å². The second-order valence-electron chi connectivity index (χ2n) is 8.49. The van der Waals surface area contributed by atoms with Crippen LogP contribution in [0.2, 0.25) is 0 Å². The van der Waals surface area contributed by atoms with Crippen LogP contribution in [0.1, 0.15) is 33.1 Å². The monoisotopic (exact) mass is 546 g/mol. The third-order valence-corrected chi connectivity index (χ3v) is 10.5. The lowest BCUT2D eigenvalue weighted by Gasteiger charge is -2.28. The molecule has 164 valence electrons. The number of halogens is 1. The van der Waals surface area contributed by atoms with Gasteiger partial charge in [0, 0.05) is 0 Å². The SMILES string of the molecule is CC1(C)OC[C@@H](CCCC[P+](c2ccccc2)(c2ccccc2)c2ccccc2)O1.[I-]. The fourth-order valence-electron chi connectivity index (χ4n) is 4.51. The summed E-state index contributed by atoms with van der Waals surface area (Å²) in [6, 6.07) is 33.4. The van der Waals surface area contributed by atoms with Gasteiger partial charge in [0.25, 0.3) is 0 Å². The second-order valence-corrected chi connectivity index (χ2v) is 12.1. The van der Waals surface area contributed by atoms with E-state index >= 15 is 0 Å². The van der Waals surface area contributed by atoms with Crippen molar-refractivity contribution in [2.24, 2.45) is 0 Å². The van der Waals surface area contributed by atoms with Crippen LogP contribution in [0.3, 0.4) is 0 Å². The van der Waals surface area contributed by atoms with E-state index < -0.39 is 13.0 Å². The molecule has 3 aromatic rings. The average molecular weight is 546 g/mol. The molecule has 1 fully saturated rings. The van der Waals surface area contributed by atoms with Crippen LogP contribution in [-0.2, 0) is 9.47 Å². The van der Waals surface area contributed by atoms with Crippen molar-refractivity contribution in [1.29, 1.82) is 0 Å². The van der Waals surface area contributed by atoms with Crippen molar-refractivity contribution < 1.29 is 33.5 Å². The highest BCUT2D eigenvalue weighted by atomic mass is 127. The van der Waals surface area contributed by atoms with Crippen molar-refractivity contribution in [3.63, 3.8) is 0 Å². The minimum Gasteiger partial charge on any atom is -1.00 e. The zero-order valence-corrected chi connectivity index (χ0v) is 21.5. The van der Waals surface area contributed by atoms with Crippen LogP contribution in [0.4, 0.5) is 0 Å². The Labute approximate surface area is 204 Å². The highest BCUT2D eigenvalue weighted by Crippen LogP contribution is 2.56. The van der Waals surface area contributed by atoms with E-state index in [0.717, 1.165) is 12.8 Å². The summed E-state index contributed by atoms with van der Waals surface area (Å²) in [6.07, 6.45) is 4.77. The lowest BCUT2D eigenvalue weighted by molar-refractivity contribution is -0.139. The molecule has 0 aromatic heterocycles. The van der Waals surface area contributed by atoms with Crippen LogP contribution in [0.25, 0.3) is 0 Å². The van der Waals surface area contributed by atoms with Gasteiger partial charge in [0.1, 0.15) is 23.2 Å². The molecule has 0 bridgehead atoms. The zero-order chi connectivity index (χ0) is 20.9. The highest BCUT2D eigenvalue weighted by Gasteiger charge is 2.44. The first kappa shape index (κ1) is 24.4. The molecule has 0 aliphatic carbocycles. The van der Waals surface area contributed by atoms with Crippen LogP contribution in [0.5, 0.6) is 0 Å². The molecular formula is C27H32IO2P. The van der Waals surface area contributed by atoms with E-state index in [1.165, 1.54) is 28.5 Å². The number of benzene rings is 3. The maximum atomic E-state index is 6.02. The smallest absolute Gasteiger partial charge is 0.163 e. The standard InChI is InChI=1S/C27H32O2P.HI/c1-27(2)28-22-23(29-27)14-12-13-21-30(24-15-6-3-7-16-24,25-17-8-4-9-18-25)26-19-10-5-11-20-26;/h3-11,15-20,23H,12-14,21-22H2,1-2H3;1H/q+1;/p-1/t23-;/m1./s1. The Bertz CT molecular complexity index is 819. The van der Waals surface area contributed by atoms with Crippen LogP contribution >= 0.6 is 7.26 Å². The van der Waals surface area contributed by atoms with Gasteiger partial charge in [0.2, 0.25) is 0 Å². The predicted molar refractivity (Wildman–Crippen MR) is 129 cm³/mol. The normalized spacial score (nSPS) is 17.8. The van der Waals surface area contributed by atoms with Crippen LogP contribution in [-0.4, -0.2) is 24.7 Å². The van der Waals surface area contributed by atoms with Crippen LogP contribution in [0, 0.1) is 0 Å². The van der Waals surface area contributed by atoms with Crippen molar-refractivity contribution in [3.05, 3.63) is 91.0 Å². The number of unbranched alkanes of at least 4 members (excludes halogenated alkanes) is 1. The Kier molecular flexibility index (Phi) is 8.69. The minimum atomic E-state index is -1.71. The average Bonchev–Trinajstić information content (AvgIpc) is 3.14. The van der Waals surface area contributed by atoms with Gasteiger partial charge >= 0.3 is 0 Å². The minimum absolute atomic E-state index is 0. The van der Waals surface area contributed by atoms with Gasteiger partial charge in [-0.15, -0.1) is 0 Å². The van der Waals surface area contributed by atoms with Gasteiger partial charge < -0.3 is 33.5 Å². The summed E-state index contributed by atoms with van der Waals surface area (Å²) in [7, 11) is -1.71. The zero-order valence-electron chi connectivity index (χ0n) is 18.4. The van der Waals surface area contributed by atoms with Gasteiger partial charge in [-0.05, 0) is 69.5 Å². The number of rotatable bonds is 8. The highest BCUT2D eigenvalue weighted by molar-refractivity contribution is 7.95. The molecule has 1 aliphatic heterocycles. The van der Waals surface area contributed by atoms with Gasteiger partial charge in [-0.3, -0.25) is 0 Å². The molecule has 4 heteroatoms. The molecule has 0 amide bonds. The van der Waals surface area contributed by atoms with E-state index in [2.05, 4.69) is 91.0 Å². The summed E-state index contributed by atoms with van der Waals surface area (Å²) in [6.45, 7) is 4.72. The van der Waals surface area contributed by atoms with Crippen molar-refractivity contribution >= 4 is 23.2 Å². The van der Waals surface area contributed by atoms with Crippen LogP contribution in [0.15, 0.2) is 91.0 Å². The van der Waals surface area contributed by atoms with Gasteiger partial charge in [-0.1, -0.05) is 54.6 Å². The molecule has 0 spiro atoms. The molecule has 1 atom stereocenters. The second kappa shape index (κ2) is 11.0. The summed E-state index contributed by atoms with van der Waals surface area (Å²) < 4.78 is 11.8. The van der Waals surface area contributed by atoms with E-state index in [9.17, 15) is 0 Å². The Balaban J connectivity index is 0.00000272. The summed E-state index contributed by atoms with van der Waals surface area (Å²) >= 11 is 0. The maximum absolute atomic E-state index is 6.02. The molecule has 0 saturated carbocycles. The Morgan fingerprint density at radius 1 is 0.742 bits per heavy atom. The Hall–Kier alpha value is -1.26. The lowest BCUT2D eigenvalue weighted by atomic mass is 10.2. The van der Waals surface area contributed by atoms with Crippen molar-refractivity contribution in [2.75, 3.05) is 12.8 Å². The van der Waals surface area contributed by atoms with Gasteiger partial charge in [-0.25, -0.2) is 0 Å². The van der Waals surface area contributed by atoms with E-state index in [1.54, 1.807) is 0 Å². The first-order valence-corrected chi connectivity index (χ1v) is 12.9. The fraction of sp³-hybridized carbons (Fsp3) is 0.333. The first-order valence-electron chi connectivity index (χ1n) is 11.0. The Morgan fingerprint density at radius 3 is 1.58 bits per heavy atom. The third kappa shape index (κ3) is 5.76. The molecule has 1 aliphatic rings. The summed E-state index contributed by atoms with van der Waals surface area (Å²) in [5.74, 6) is -0.431. The van der Waals surface area contributed by atoms with Crippen molar-refractivity contribution in [3.8, 4) is 0 Å². The number of hydrogen-bond donors (Lipinski definition) is 0. The third-order valence-electron chi connectivity index (χ3n) is 5.93. The van der Waals surface area contributed by atoms with Crippen molar-refractivity contribution in [1.82, 2.24) is 0 Å². The molecule has 4 rings (SSSR count). The maximum Gasteiger partial charge on any atom is 0.163 e. The first-order chi connectivity index (χ1) is 14.6. The van der Waals surface area contributed by atoms with Gasteiger partial charge in [0.15, 0.2) is 5.79 Å². The molecule has 0 N–H and O–H groups in total. The molecular weight excluding hydrogens is 514 g/mol. The number of ether oxygens (including phenoxy) is 2. The largest absolute Gasteiger partial charge is 1.00 e. The molecule has 3 aromatic carbocycles. The Morgan fingerprint density at radius 2 is 1.19 bits per heavy atom. The fourth-order valence-corrected chi connectivity index (χ4v) is 8.92. The molecule has 0 unspecified atom stereocenters. The van der Waals surface area contributed by atoms with E-state index in [4.69, 9.17) is 9.47 Å². The molecule has 2 nitrogen and oxygen atoms in total. The van der Waals surface area contributed by atoms with Gasteiger partial charge in [0.05, 0.1) is 18.9 Å². The summed E-state index contributed by atoms with van der Waals surface area (Å²) in [5.41, 5.74) is 0. The predicted octanol–water partition coefficient (Wildman–Crippen LogP) is 2.31. The molecule has 0 radical (unpaired) electrons. The molecule has 1 saturated heterocycles. The van der Waals surface area contributed by atoms with E-state index in [1.807, 2.05) is 13.8 Å². The summed E-state index contributed by atoms with van der Waals surface area (Å²) in [4.78, 5) is 0. The van der Waals surface area contributed by atoms with Crippen molar-refractivity contribution in [2.45, 2.75) is 45.0 Å². The molecule has 1 heterocycles. The summed E-state index contributed by atoms with van der Waals surface area (Å²) in [5, 5.41) is 4.39.